The Labute approximate surface area is 119 Å². The van der Waals surface area contributed by atoms with Gasteiger partial charge in [-0.2, -0.15) is 18.3 Å². The molecule has 1 fully saturated rings. The summed E-state index contributed by atoms with van der Waals surface area (Å²) in [6, 6.07) is 3.79. The second-order valence-electron chi connectivity index (χ2n) is 5.37. The lowest BCUT2D eigenvalue weighted by atomic mass is 9.93. The van der Waals surface area contributed by atoms with Gasteiger partial charge in [-0.15, -0.1) is 0 Å². The molecule has 0 spiro atoms. The SMILES string of the molecule is Nc1ncnn2c(C3CCN(CC(F)(F)F)CC3)ccc12. The number of rotatable bonds is 2. The summed E-state index contributed by atoms with van der Waals surface area (Å²) in [5.74, 6) is 0.608. The minimum Gasteiger partial charge on any atom is -0.382 e. The number of aromatic nitrogens is 3. The molecule has 3 heterocycles. The maximum absolute atomic E-state index is 12.4. The number of likely N-dealkylation sites (tertiary alicyclic amines) is 1. The third kappa shape index (κ3) is 2.94. The first kappa shape index (κ1) is 14.1. The quantitative estimate of drug-likeness (QED) is 0.922. The lowest BCUT2D eigenvalue weighted by molar-refractivity contribution is -0.148. The number of halogens is 3. The van der Waals surface area contributed by atoms with E-state index in [0.29, 0.717) is 31.7 Å². The fourth-order valence-corrected chi connectivity index (χ4v) is 2.92. The normalized spacial score (nSPS) is 18.4. The molecule has 2 aromatic rings. The molecule has 0 unspecified atom stereocenters. The first-order valence-electron chi connectivity index (χ1n) is 6.81. The van der Waals surface area contributed by atoms with Crippen molar-refractivity contribution >= 4 is 11.3 Å². The zero-order valence-corrected chi connectivity index (χ0v) is 11.3. The zero-order valence-electron chi connectivity index (χ0n) is 11.3. The van der Waals surface area contributed by atoms with Crippen molar-refractivity contribution in [2.75, 3.05) is 25.4 Å². The molecule has 8 heteroatoms. The number of anilines is 1. The Morgan fingerprint density at radius 3 is 2.62 bits per heavy atom. The van der Waals surface area contributed by atoms with E-state index in [1.165, 1.54) is 11.2 Å². The lowest BCUT2D eigenvalue weighted by Gasteiger charge is -2.32. The van der Waals surface area contributed by atoms with Crippen LogP contribution in [0, 0.1) is 0 Å². The van der Waals surface area contributed by atoms with E-state index in [1.807, 2.05) is 12.1 Å². The van der Waals surface area contributed by atoms with Gasteiger partial charge in [0.2, 0.25) is 0 Å². The van der Waals surface area contributed by atoms with Crippen LogP contribution in [-0.2, 0) is 0 Å². The van der Waals surface area contributed by atoms with Gasteiger partial charge in [0.15, 0.2) is 5.82 Å². The molecule has 1 saturated heterocycles. The fraction of sp³-hybridized carbons (Fsp3) is 0.538. The van der Waals surface area contributed by atoms with Crippen LogP contribution in [0.3, 0.4) is 0 Å². The summed E-state index contributed by atoms with van der Waals surface area (Å²) in [5, 5.41) is 4.19. The number of piperidine rings is 1. The molecular weight excluding hydrogens is 283 g/mol. The van der Waals surface area contributed by atoms with Crippen LogP contribution in [0.5, 0.6) is 0 Å². The summed E-state index contributed by atoms with van der Waals surface area (Å²) in [6.45, 7) is 0.0553. The average molecular weight is 299 g/mol. The van der Waals surface area contributed by atoms with Crippen molar-refractivity contribution < 1.29 is 13.2 Å². The fourth-order valence-electron chi connectivity index (χ4n) is 2.92. The van der Waals surface area contributed by atoms with Gasteiger partial charge < -0.3 is 5.73 Å². The van der Waals surface area contributed by atoms with Gasteiger partial charge in [-0.3, -0.25) is 4.90 Å². The molecular formula is C13H16F3N5. The van der Waals surface area contributed by atoms with Gasteiger partial charge in [0.25, 0.3) is 0 Å². The molecule has 3 rings (SSSR count). The van der Waals surface area contributed by atoms with Gasteiger partial charge in [-0.25, -0.2) is 9.50 Å². The van der Waals surface area contributed by atoms with Gasteiger partial charge in [0, 0.05) is 11.6 Å². The van der Waals surface area contributed by atoms with E-state index in [0.717, 1.165) is 11.2 Å². The minimum atomic E-state index is -4.13. The lowest BCUT2D eigenvalue weighted by Crippen LogP contribution is -2.39. The number of hydrogen-bond acceptors (Lipinski definition) is 4. The number of nitrogens with zero attached hydrogens (tertiary/aromatic N) is 4. The maximum atomic E-state index is 12.4. The van der Waals surface area contributed by atoms with Crippen molar-refractivity contribution in [2.45, 2.75) is 24.9 Å². The van der Waals surface area contributed by atoms with Crippen molar-refractivity contribution in [1.29, 1.82) is 0 Å². The number of alkyl halides is 3. The van der Waals surface area contributed by atoms with E-state index in [2.05, 4.69) is 10.1 Å². The molecule has 1 aliphatic heterocycles. The number of nitrogens with two attached hydrogens (primary N) is 1. The largest absolute Gasteiger partial charge is 0.401 e. The monoisotopic (exact) mass is 299 g/mol. The van der Waals surface area contributed by atoms with Gasteiger partial charge in [-0.05, 0) is 38.1 Å². The molecule has 0 saturated carbocycles. The van der Waals surface area contributed by atoms with Crippen LogP contribution in [0.15, 0.2) is 18.5 Å². The van der Waals surface area contributed by atoms with Gasteiger partial charge in [0.05, 0.1) is 6.54 Å². The summed E-state index contributed by atoms with van der Waals surface area (Å²) < 4.78 is 38.9. The van der Waals surface area contributed by atoms with E-state index in [4.69, 9.17) is 5.73 Å². The van der Waals surface area contributed by atoms with Crippen LogP contribution in [0.1, 0.15) is 24.5 Å². The Balaban J connectivity index is 1.73. The van der Waals surface area contributed by atoms with Gasteiger partial charge in [0.1, 0.15) is 11.8 Å². The standard InChI is InChI=1S/C13H16F3N5/c14-13(15,16)7-20-5-3-9(4-6-20)10-1-2-11-12(17)18-8-19-21(10)11/h1-2,8-9H,3-7H2,(H2,17,18,19). The van der Waals surface area contributed by atoms with Gasteiger partial charge >= 0.3 is 6.18 Å². The highest BCUT2D eigenvalue weighted by atomic mass is 19.4. The van der Waals surface area contributed by atoms with Crippen LogP contribution in [0.2, 0.25) is 0 Å². The topological polar surface area (TPSA) is 59.4 Å². The van der Waals surface area contributed by atoms with Crippen LogP contribution in [-0.4, -0.2) is 45.3 Å². The van der Waals surface area contributed by atoms with Crippen LogP contribution in [0.4, 0.5) is 19.0 Å². The molecule has 0 bridgehead atoms. The summed E-state index contributed by atoms with van der Waals surface area (Å²) in [4.78, 5) is 5.38. The van der Waals surface area contributed by atoms with Crippen molar-refractivity contribution in [3.63, 3.8) is 0 Å². The molecule has 0 aromatic carbocycles. The van der Waals surface area contributed by atoms with Crippen molar-refractivity contribution in [3.8, 4) is 0 Å². The Hall–Kier alpha value is -1.83. The summed E-state index contributed by atoms with van der Waals surface area (Å²) in [6.07, 6.45) is -1.36. The maximum Gasteiger partial charge on any atom is 0.401 e. The highest BCUT2D eigenvalue weighted by Gasteiger charge is 2.33. The summed E-state index contributed by atoms with van der Waals surface area (Å²) in [5.41, 5.74) is 7.52. The Bertz CT molecular complexity index is 628. The highest BCUT2D eigenvalue weighted by Crippen LogP contribution is 2.30. The smallest absolute Gasteiger partial charge is 0.382 e. The number of nitrogen functional groups attached to an aromatic ring is 1. The van der Waals surface area contributed by atoms with E-state index in [9.17, 15) is 13.2 Å². The first-order chi connectivity index (χ1) is 9.94. The van der Waals surface area contributed by atoms with E-state index < -0.39 is 12.7 Å². The minimum absolute atomic E-state index is 0.200. The summed E-state index contributed by atoms with van der Waals surface area (Å²) in [7, 11) is 0. The molecule has 21 heavy (non-hydrogen) atoms. The van der Waals surface area contributed by atoms with Crippen molar-refractivity contribution in [2.24, 2.45) is 0 Å². The predicted octanol–water partition coefficient (Wildman–Crippen LogP) is 2.05. The molecule has 0 aliphatic carbocycles. The Morgan fingerprint density at radius 2 is 1.95 bits per heavy atom. The number of fused-ring (bicyclic) bond motifs is 1. The predicted molar refractivity (Wildman–Crippen MR) is 71.9 cm³/mol. The molecule has 0 amide bonds. The van der Waals surface area contributed by atoms with E-state index in [-0.39, 0.29) is 5.92 Å². The van der Waals surface area contributed by atoms with Crippen LogP contribution in [0.25, 0.3) is 5.52 Å². The van der Waals surface area contributed by atoms with E-state index >= 15 is 0 Å². The van der Waals surface area contributed by atoms with Crippen molar-refractivity contribution in [3.05, 3.63) is 24.2 Å². The van der Waals surface area contributed by atoms with E-state index in [1.54, 1.807) is 4.52 Å². The second kappa shape index (κ2) is 5.18. The molecule has 114 valence electrons. The van der Waals surface area contributed by atoms with Crippen molar-refractivity contribution in [1.82, 2.24) is 19.5 Å². The molecule has 1 aliphatic rings. The molecule has 2 aromatic heterocycles. The van der Waals surface area contributed by atoms with Crippen LogP contribution >= 0.6 is 0 Å². The van der Waals surface area contributed by atoms with Crippen LogP contribution < -0.4 is 5.73 Å². The first-order valence-corrected chi connectivity index (χ1v) is 6.81. The third-order valence-electron chi connectivity index (χ3n) is 3.92. The highest BCUT2D eigenvalue weighted by molar-refractivity contribution is 5.65. The Morgan fingerprint density at radius 1 is 1.24 bits per heavy atom. The number of hydrogen-bond donors (Lipinski definition) is 1. The second-order valence-corrected chi connectivity index (χ2v) is 5.37. The molecule has 2 N–H and O–H groups in total. The van der Waals surface area contributed by atoms with Gasteiger partial charge in [-0.1, -0.05) is 0 Å². The molecule has 0 atom stereocenters. The molecule has 0 radical (unpaired) electrons. The molecule has 5 nitrogen and oxygen atoms in total. The summed E-state index contributed by atoms with van der Waals surface area (Å²) >= 11 is 0. The Kier molecular flexibility index (Phi) is 3.48. The zero-order chi connectivity index (χ0) is 15.0. The average Bonchev–Trinajstić information content (AvgIpc) is 2.83. The third-order valence-corrected chi connectivity index (χ3v) is 3.92.